The van der Waals surface area contributed by atoms with Crippen LogP contribution in [0.1, 0.15) is 6.92 Å². The van der Waals surface area contributed by atoms with Crippen molar-refractivity contribution >= 4 is 28.2 Å². The van der Waals surface area contributed by atoms with Crippen LogP contribution in [0.25, 0.3) is 10.9 Å². The average molecular weight is 290 g/mol. The quantitative estimate of drug-likeness (QED) is 0.873. The van der Waals surface area contributed by atoms with Gasteiger partial charge in [-0.15, -0.1) is 0 Å². The third-order valence-electron chi connectivity index (χ3n) is 3.37. The fourth-order valence-corrected chi connectivity index (χ4v) is 2.18. The van der Waals surface area contributed by atoms with E-state index in [1.165, 1.54) is 11.0 Å². The molecule has 0 saturated carbocycles. The number of halogens is 1. The topological polar surface area (TPSA) is 62.5 Å². The number of hydrogen-bond donors (Lipinski definition) is 1. The van der Waals surface area contributed by atoms with Gasteiger partial charge >= 0.3 is 0 Å². The lowest BCUT2D eigenvalue weighted by Gasteiger charge is -2.25. The number of benzene rings is 1. The maximum Gasteiger partial charge on any atom is 0.241 e. The lowest BCUT2D eigenvalue weighted by atomic mass is 10.1. The zero-order chi connectivity index (χ0) is 15.6. The number of amides is 1. The van der Waals surface area contributed by atoms with Crippen LogP contribution in [0.5, 0.6) is 0 Å². The maximum absolute atomic E-state index is 14.4. The first kappa shape index (κ1) is 15.0. The number of fused-ring (bicyclic) bond motifs is 1. The molecule has 1 aromatic heterocycles. The summed E-state index contributed by atoms with van der Waals surface area (Å²) < 4.78 is 14.4. The number of nitrogen functional groups attached to an aromatic ring is 1. The molecule has 21 heavy (non-hydrogen) atoms. The smallest absolute Gasteiger partial charge is 0.241 e. The molecule has 1 aromatic carbocycles. The van der Waals surface area contributed by atoms with Crippen LogP contribution in [0.4, 0.5) is 15.8 Å². The lowest BCUT2D eigenvalue weighted by Crippen LogP contribution is -2.37. The highest BCUT2D eigenvalue weighted by Crippen LogP contribution is 2.32. The molecule has 112 valence electrons. The molecule has 2 aromatic rings. The molecule has 0 aliphatic rings. The summed E-state index contributed by atoms with van der Waals surface area (Å²) in [6, 6.07) is 4.83. The molecule has 0 unspecified atom stereocenters. The summed E-state index contributed by atoms with van der Waals surface area (Å²) in [5.41, 5.74) is 6.98. The number of aromatic nitrogens is 1. The fraction of sp³-hybridized carbons (Fsp3) is 0.333. The van der Waals surface area contributed by atoms with Gasteiger partial charge in [0.15, 0.2) is 5.82 Å². The summed E-state index contributed by atoms with van der Waals surface area (Å²) >= 11 is 0. The summed E-state index contributed by atoms with van der Waals surface area (Å²) in [5.74, 6) is -0.565. The molecule has 5 nitrogen and oxygen atoms in total. The SMILES string of the molecule is CCN(CC(=O)N(C)C)c1c(F)cc(N)c2cccnc12. The van der Waals surface area contributed by atoms with Gasteiger partial charge in [-0.25, -0.2) is 4.39 Å². The summed E-state index contributed by atoms with van der Waals surface area (Å²) in [7, 11) is 3.34. The van der Waals surface area contributed by atoms with E-state index in [1.807, 2.05) is 6.92 Å². The molecule has 0 aliphatic heterocycles. The molecular weight excluding hydrogens is 271 g/mol. The highest BCUT2D eigenvalue weighted by molar-refractivity contribution is 5.99. The second kappa shape index (κ2) is 5.95. The molecule has 2 N–H and O–H groups in total. The van der Waals surface area contributed by atoms with E-state index in [1.54, 1.807) is 37.3 Å². The van der Waals surface area contributed by atoms with Crippen molar-refractivity contribution in [1.29, 1.82) is 0 Å². The second-order valence-corrected chi connectivity index (χ2v) is 5.00. The molecule has 0 atom stereocenters. The van der Waals surface area contributed by atoms with Gasteiger partial charge in [0.05, 0.1) is 12.1 Å². The van der Waals surface area contributed by atoms with Crippen LogP contribution in [0, 0.1) is 5.82 Å². The van der Waals surface area contributed by atoms with Crippen molar-refractivity contribution in [3.63, 3.8) is 0 Å². The van der Waals surface area contributed by atoms with Crippen molar-refractivity contribution < 1.29 is 9.18 Å². The van der Waals surface area contributed by atoms with Gasteiger partial charge in [-0.2, -0.15) is 0 Å². The largest absolute Gasteiger partial charge is 0.398 e. The Morgan fingerprint density at radius 3 is 2.76 bits per heavy atom. The van der Waals surface area contributed by atoms with Gasteiger partial charge in [0.2, 0.25) is 5.91 Å². The van der Waals surface area contributed by atoms with Gasteiger partial charge in [-0.1, -0.05) is 0 Å². The highest BCUT2D eigenvalue weighted by atomic mass is 19.1. The van der Waals surface area contributed by atoms with E-state index in [2.05, 4.69) is 4.98 Å². The van der Waals surface area contributed by atoms with Crippen molar-refractivity contribution in [2.75, 3.05) is 37.8 Å². The van der Waals surface area contributed by atoms with Crippen LogP contribution in [-0.4, -0.2) is 43.0 Å². The van der Waals surface area contributed by atoms with E-state index in [4.69, 9.17) is 5.73 Å². The average Bonchev–Trinajstić information content (AvgIpc) is 2.45. The molecule has 0 spiro atoms. The number of anilines is 2. The second-order valence-electron chi connectivity index (χ2n) is 5.00. The van der Waals surface area contributed by atoms with Gasteiger partial charge in [0.25, 0.3) is 0 Å². The third-order valence-corrected chi connectivity index (χ3v) is 3.37. The number of carbonyl (C=O) groups is 1. The Morgan fingerprint density at radius 2 is 2.14 bits per heavy atom. The van der Waals surface area contributed by atoms with E-state index < -0.39 is 5.82 Å². The predicted octanol–water partition coefficient (Wildman–Crippen LogP) is 1.87. The van der Waals surface area contributed by atoms with Crippen molar-refractivity contribution in [3.05, 3.63) is 30.2 Å². The molecule has 0 radical (unpaired) electrons. The molecule has 1 amide bonds. The number of nitrogens with two attached hydrogens (primary N) is 1. The highest BCUT2D eigenvalue weighted by Gasteiger charge is 2.20. The van der Waals surface area contributed by atoms with Crippen LogP contribution >= 0.6 is 0 Å². The summed E-state index contributed by atoms with van der Waals surface area (Å²) in [6.45, 7) is 2.45. The Hall–Kier alpha value is -2.37. The zero-order valence-corrected chi connectivity index (χ0v) is 12.4. The van der Waals surface area contributed by atoms with Crippen LogP contribution < -0.4 is 10.6 Å². The van der Waals surface area contributed by atoms with Crippen LogP contribution in [0.2, 0.25) is 0 Å². The summed E-state index contributed by atoms with van der Waals surface area (Å²) in [6.07, 6.45) is 1.59. The summed E-state index contributed by atoms with van der Waals surface area (Å²) in [5, 5.41) is 0.685. The molecular formula is C15H19FN4O. The van der Waals surface area contributed by atoms with Crippen LogP contribution in [-0.2, 0) is 4.79 Å². The predicted molar refractivity (Wildman–Crippen MR) is 82.7 cm³/mol. The third kappa shape index (κ3) is 2.89. The number of nitrogens with zero attached hydrogens (tertiary/aromatic N) is 3. The van der Waals surface area contributed by atoms with Crippen molar-refractivity contribution in [2.45, 2.75) is 6.92 Å². The number of likely N-dealkylation sites (N-methyl/N-ethyl adjacent to an activating group) is 2. The first-order valence-electron chi connectivity index (χ1n) is 6.73. The van der Waals surface area contributed by atoms with E-state index in [9.17, 15) is 9.18 Å². The Morgan fingerprint density at radius 1 is 1.43 bits per heavy atom. The minimum absolute atomic E-state index is 0.0933. The van der Waals surface area contributed by atoms with Crippen molar-refractivity contribution in [2.24, 2.45) is 0 Å². The van der Waals surface area contributed by atoms with Crippen LogP contribution in [0.15, 0.2) is 24.4 Å². The van der Waals surface area contributed by atoms with Crippen LogP contribution in [0.3, 0.4) is 0 Å². The minimum atomic E-state index is -0.466. The zero-order valence-electron chi connectivity index (χ0n) is 12.4. The lowest BCUT2D eigenvalue weighted by molar-refractivity contribution is -0.127. The number of pyridine rings is 1. The standard InChI is InChI=1S/C15H19FN4O/c1-4-20(9-13(21)19(2)3)15-11(16)8-12(17)10-6-5-7-18-14(10)15/h5-8H,4,9,17H2,1-3H3. The van der Waals surface area contributed by atoms with Crippen molar-refractivity contribution in [3.8, 4) is 0 Å². The van der Waals surface area contributed by atoms with Crippen molar-refractivity contribution in [1.82, 2.24) is 9.88 Å². The molecule has 0 bridgehead atoms. The molecule has 0 fully saturated rings. The van der Waals surface area contributed by atoms with Gasteiger partial charge in [0, 0.05) is 37.9 Å². The van der Waals surface area contributed by atoms with Gasteiger partial charge in [0.1, 0.15) is 5.69 Å². The Bertz CT molecular complexity index is 672. The Labute approximate surface area is 123 Å². The molecule has 1 heterocycles. The molecule has 6 heteroatoms. The van der Waals surface area contributed by atoms with E-state index in [-0.39, 0.29) is 12.5 Å². The van der Waals surface area contributed by atoms with E-state index >= 15 is 0 Å². The first-order valence-corrected chi connectivity index (χ1v) is 6.73. The minimum Gasteiger partial charge on any atom is -0.398 e. The molecule has 0 saturated heterocycles. The summed E-state index contributed by atoms with van der Waals surface area (Å²) in [4.78, 5) is 19.3. The van der Waals surface area contributed by atoms with Gasteiger partial charge in [-0.3, -0.25) is 9.78 Å². The molecule has 0 aliphatic carbocycles. The van der Waals surface area contributed by atoms with E-state index in [0.717, 1.165) is 0 Å². The first-order chi connectivity index (χ1) is 9.95. The van der Waals surface area contributed by atoms with E-state index in [0.29, 0.717) is 28.8 Å². The molecule has 2 rings (SSSR count). The fourth-order valence-electron chi connectivity index (χ4n) is 2.18. The van der Waals surface area contributed by atoms with Gasteiger partial charge < -0.3 is 15.5 Å². The number of hydrogen-bond acceptors (Lipinski definition) is 4. The maximum atomic E-state index is 14.4. The Balaban J connectivity index is 2.55. The Kier molecular flexibility index (Phi) is 4.26. The number of rotatable bonds is 4. The monoisotopic (exact) mass is 290 g/mol. The normalized spacial score (nSPS) is 10.7. The number of carbonyl (C=O) groups excluding carboxylic acids is 1. The van der Waals surface area contributed by atoms with Gasteiger partial charge in [-0.05, 0) is 25.1 Å².